The Morgan fingerprint density at radius 2 is 2.11 bits per heavy atom. The SMILES string of the molecule is Cc1ccnc(Nc2cc([N+](=O)[O-])cc(Cl)n2)c1. The molecule has 0 spiro atoms. The number of nitro groups is 1. The molecule has 0 aliphatic carbocycles. The predicted molar refractivity (Wildman–Crippen MR) is 68.2 cm³/mol. The van der Waals surface area contributed by atoms with E-state index in [1.165, 1.54) is 12.1 Å². The summed E-state index contributed by atoms with van der Waals surface area (Å²) in [6.07, 6.45) is 1.64. The van der Waals surface area contributed by atoms with Crippen LogP contribution in [0.1, 0.15) is 5.56 Å². The second-order valence-corrected chi connectivity index (χ2v) is 4.02. The van der Waals surface area contributed by atoms with E-state index in [1.807, 2.05) is 13.0 Å². The molecule has 92 valence electrons. The van der Waals surface area contributed by atoms with Crippen molar-refractivity contribution in [2.75, 3.05) is 5.32 Å². The van der Waals surface area contributed by atoms with Gasteiger partial charge in [-0.05, 0) is 24.6 Å². The van der Waals surface area contributed by atoms with Crippen molar-refractivity contribution >= 4 is 28.9 Å². The minimum atomic E-state index is -0.525. The molecule has 18 heavy (non-hydrogen) atoms. The van der Waals surface area contributed by atoms with E-state index in [9.17, 15) is 10.1 Å². The number of aryl methyl sites for hydroxylation is 1. The quantitative estimate of drug-likeness (QED) is 0.523. The fraction of sp³-hybridized carbons (Fsp3) is 0.0909. The molecule has 0 bridgehead atoms. The van der Waals surface area contributed by atoms with E-state index in [2.05, 4.69) is 15.3 Å². The highest BCUT2D eigenvalue weighted by molar-refractivity contribution is 6.29. The summed E-state index contributed by atoms with van der Waals surface area (Å²) >= 11 is 5.72. The second kappa shape index (κ2) is 4.97. The summed E-state index contributed by atoms with van der Waals surface area (Å²) in [6.45, 7) is 1.92. The number of anilines is 2. The first-order chi connectivity index (χ1) is 8.54. The molecule has 0 saturated carbocycles. The molecule has 0 aliphatic heterocycles. The molecule has 2 rings (SSSR count). The molecule has 7 heteroatoms. The molecular weight excluding hydrogens is 256 g/mol. The number of hydrogen-bond donors (Lipinski definition) is 1. The summed E-state index contributed by atoms with van der Waals surface area (Å²) in [5.74, 6) is 0.839. The van der Waals surface area contributed by atoms with E-state index in [0.29, 0.717) is 5.82 Å². The Hall–Kier alpha value is -2.21. The Bertz CT molecular complexity index is 603. The van der Waals surface area contributed by atoms with Gasteiger partial charge in [0.05, 0.1) is 17.1 Å². The van der Waals surface area contributed by atoms with Gasteiger partial charge in [-0.2, -0.15) is 0 Å². The number of nitrogens with one attached hydrogen (secondary N) is 1. The molecule has 2 heterocycles. The molecule has 0 unspecified atom stereocenters. The van der Waals surface area contributed by atoms with Crippen LogP contribution in [-0.2, 0) is 0 Å². The molecule has 1 N–H and O–H groups in total. The van der Waals surface area contributed by atoms with Crippen molar-refractivity contribution in [1.29, 1.82) is 0 Å². The summed E-state index contributed by atoms with van der Waals surface area (Å²) < 4.78 is 0. The average Bonchev–Trinajstić information content (AvgIpc) is 2.28. The lowest BCUT2D eigenvalue weighted by Gasteiger charge is -2.05. The van der Waals surface area contributed by atoms with Crippen LogP contribution in [0.4, 0.5) is 17.3 Å². The van der Waals surface area contributed by atoms with Crippen molar-refractivity contribution in [3.05, 3.63) is 51.3 Å². The van der Waals surface area contributed by atoms with Crippen molar-refractivity contribution in [3.8, 4) is 0 Å². The van der Waals surface area contributed by atoms with E-state index in [-0.39, 0.29) is 16.7 Å². The van der Waals surface area contributed by atoms with Crippen molar-refractivity contribution < 1.29 is 4.92 Å². The Kier molecular flexibility index (Phi) is 3.38. The standard InChI is InChI=1S/C11H9ClN4O2/c1-7-2-3-13-10(4-7)15-11-6-8(16(17)18)5-9(12)14-11/h2-6H,1H3,(H,13,14,15). The molecule has 6 nitrogen and oxygen atoms in total. The zero-order chi connectivity index (χ0) is 13.1. The molecule has 0 saturated heterocycles. The minimum Gasteiger partial charge on any atom is -0.325 e. The van der Waals surface area contributed by atoms with Gasteiger partial charge in [0, 0.05) is 6.20 Å². The Labute approximate surface area is 108 Å². The van der Waals surface area contributed by atoms with Crippen LogP contribution in [0.15, 0.2) is 30.5 Å². The smallest absolute Gasteiger partial charge is 0.276 e. The Balaban J connectivity index is 2.31. The number of halogens is 1. The normalized spacial score (nSPS) is 10.1. The highest BCUT2D eigenvalue weighted by Gasteiger charge is 2.10. The molecule has 2 aromatic heterocycles. The first-order valence-electron chi connectivity index (χ1n) is 5.06. The molecule has 0 fully saturated rings. The summed E-state index contributed by atoms with van der Waals surface area (Å²) in [5.41, 5.74) is 0.897. The maximum absolute atomic E-state index is 10.7. The monoisotopic (exact) mass is 264 g/mol. The Morgan fingerprint density at radius 3 is 2.78 bits per heavy atom. The van der Waals surface area contributed by atoms with Crippen molar-refractivity contribution in [1.82, 2.24) is 9.97 Å². The van der Waals surface area contributed by atoms with Crippen LogP contribution in [0.25, 0.3) is 0 Å². The lowest BCUT2D eigenvalue weighted by molar-refractivity contribution is -0.384. The summed E-state index contributed by atoms with van der Waals surface area (Å²) in [5, 5.41) is 13.6. The lowest BCUT2D eigenvalue weighted by Crippen LogP contribution is -1.98. The van der Waals surface area contributed by atoms with Gasteiger partial charge in [0.1, 0.15) is 16.8 Å². The maximum Gasteiger partial charge on any atom is 0.276 e. The third-order valence-corrected chi connectivity index (χ3v) is 2.35. The fourth-order valence-electron chi connectivity index (χ4n) is 1.39. The van der Waals surface area contributed by atoms with Gasteiger partial charge in [0.15, 0.2) is 0 Å². The lowest BCUT2D eigenvalue weighted by atomic mass is 10.3. The van der Waals surface area contributed by atoms with Crippen LogP contribution in [0.3, 0.4) is 0 Å². The largest absolute Gasteiger partial charge is 0.325 e. The molecule has 0 radical (unpaired) electrons. The fourth-order valence-corrected chi connectivity index (χ4v) is 1.59. The number of nitrogens with zero attached hydrogens (tertiary/aromatic N) is 3. The van der Waals surface area contributed by atoms with Gasteiger partial charge in [-0.1, -0.05) is 11.6 Å². The second-order valence-electron chi connectivity index (χ2n) is 3.63. The van der Waals surface area contributed by atoms with E-state index < -0.39 is 4.92 Å². The van der Waals surface area contributed by atoms with Crippen LogP contribution in [0.5, 0.6) is 0 Å². The van der Waals surface area contributed by atoms with Crippen molar-refractivity contribution in [2.24, 2.45) is 0 Å². The van der Waals surface area contributed by atoms with E-state index in [4.69, 9.17) is 11.6 Å². The third kappa shape index (κ3) is 2.92. The van der Waals surface area contributed by atoms with Crippen molar-refractivity contribution in [3.63, 3.8) is 0 Å². The van der Waals surface area contributed by atoms with E-state index >= 15 is 0 Å². The molecule has 2 aromatic rings. The van der Waals surface area contributed by atoms with Crippen LogP contribution in [0, 0.1) is 17.0 Å². The number of rotatable bonds is 3. The zero-order valence-electron chi connectivity index (χ0n) is 9.42. The van der Waals surface area contributed by atoms with Crippen LogP contribution >= 0.6 is 11.6 Å². The first kappa shape index (κ1) is 12.3. The molecule has 0 aromatic carbocycles. The average molecular weight is 265 g/mol. The van der Waals surface area contributed by atoms with Crippen molar-refractivity contribution in [2.45, 2.75) is 6.92 Å². The predicted octanol–water partition coefficient (Wildman–Crippen LogP) is 3.09. The summed E-state index contributed by atoms with van der Waals surface area (Å²) in [7, 11) is 0. The van der Waals surface area contributed by atoms with E-state index in [0.717, 1.165) is 5.56 Å². The van der Waals surface area contributed by atoms with Gasteiger partial charge in [0.2, 0.25) is 0 Å². The first-order valence-corrected chi connectivity index (χ1v) is 5.44. The van der Waals surface area contributed by atoms with Crippen LogP contribution in [-0.4, -0.2) is 14.9 Å². The van der Waals surface area contributed by atoms with Gasteiger partial charge >= 0.3 is 0 Å². The highest BCUT2D eigenvalue weighted by atomic mass is 35.5. The molecule has 0 amide bonds. The number of aromatic nitrogens is 2. The summed E-state index contributed by atoms with van der Waals surface area (Å²) in [6, 6.07) is 6.14. The zero-order valence-corrected chi connectivity index (χ0v) is 10.2. The molecule has 0 aliphatic rings. The number of pyridine rings is 2. The van der Waals surface area contributed by atoms with Crippen LogP contribution < -0.4 is 5.32 Å². The third-order valence-electron chi connectivity index (χ3n) is 2.16. The van der Waals surface area contributed by atoms with Crippen LogP contribution in [0.2, 0.25) is 5.15 Å². The number of hydrogen-bond acceptors (Lipinski definition) is 5. The molecular formula is C11H9ClN4O2. The topological polar surface area (TPSA) is 81.0 Å². The summed E-state index contributed by atoms with van der Waals surface area (Å²) in [4.78, 5) is 18.2. The molecule has 0 atom stereocenters. The van der Waals surface area contributed by atoms with Gasteiger partial charge in [-0.25, -0.2) is 9.97 Å². The highest BCUT2D eigenvalue weighted by Crippen LogP contribution is 2.22. The maximum atomic E-state index is 10.7. The Morgan fingerprint density at radius 1 is 1.33 bits per heavy atom. The van der Waals surface area contributed by atoms with Gasteiger partial charge in [-0.3, -0.25) is 10.1 Å². The van der Waals surface area contributed by atoms with Gasteiger partial charge in [0.25, 0.3) is 5.69 Å². The minimum absolute atomic E-state index is 0.0550. The van der Waals surface area contributed by atoms with Gasteiger partial charge in [-0.15, -0.1) is 0 Å². The van der Waals surface area contributed by atoms with E-state index in [1.54, 1.807) is 12.3 Å². The van der Waals surface area contributed by atoms with Gasteiger partial charge < -0.3 is 5.32 Å².